The summed E-state index contributed by atoms with van der Waals surface area (Å²) >= 11 is 1.49. The lowest BCUT2D eigenvalue weighted by molar-refractivity contribution is 0.0935. The molecule has 0 fully saturated rings. The number of carbonyl (C=O) groups excluding carboxylic acids is 1. The van der Waals surface area contributed by atoms with Crippen LogP contribution in [0.15, 0.2) is 54.9 Å². The molecule has 1 unspecified atom stereocenters. The van der Waals surface area contributed by atoms with Crippen molar-refractivity contribution in [2.75, 3.05) is 0 Å². The maximum Gasteiger partial charge on any atom is 0.261 e. The van der Waals surface area contributed by atoms with Gasteiger partial charge >= 0.3 is 0 Å². The molecule has 2 aromatic heterocycles. The fraction of sp³-hybridized carbons (Fsp3) is 0.188. The van der Waals surface area contributed by atoms with Crippen molar-refractivity contribution in [1.29, 1.82) is 0 Å². The van der Waals surface area contributed by atoms with Gasteiger partial charge in [0.2, 0.25) is 0 Å². The van der Waals surface area contributed by atoms with E-state index in [1.807, 2.05) is 49.4 Å². The molecular formula is C16H16N4OS. The van der Waals surface area contributed by atoms with Crippen molar-refractivity contribution in [2.24, 2.45) is 0 Å². The Hall–Kier alpha value is -2.47. The molecule has 0 saturated heterocycles. The van der Waals surface area contributed by atoms with Crippen LogP contribution in [0.4, 0.5) is 0 Å². The highest BCUT2D eigenvalue weighted by molar-refractivity contribution is 7.13. The molecule has 5 nitrogen and oxygen atoms in total. The first kappa shape index (κ1) is 14.5. The lowest BCUT2D eigenvalue weighted by atomic mass is 10.1. The molecule has 3 aromatic rings. The van der Waals surface area contributed by atoms with Gasteiger partial charge in [-0.15, -0.1) is 11.3 Å². The van der Waals surface area contributed by atoms with Gasteiger partial charge in [-0.1, -0.05) is 30.3 Å². The highest BCUT2D eigenvalue weighted by atomic mass is 32.1. The Labute approximate surface area is 132 Å². The zero-order chi connectivity index (χ0) is 15.4. The fourth-order valence-corrected chi connectivity index (χ4v) is 2.98. The molecule has 1 amide bonds. The van der Waals surface area contributed by atoms with Gasteiger partial charge in [-0.3, -0.25) is 4.79 Å². The van der Waals surface area contributed by atoms with Crippen LogP contribution in [0.3, 0.4) is 0 Å². The van der Waals surface area contributed by atoms with Crippen molar-refractivity contribution >= 4 is 17.2 Å². The molecule has 6 heteroatoms. The average molecular weight is 312 g/mol. The maximum absolute atomic E-state index is 12.4. The van der Waals surface area contributed by atoms with Crippen molar-refractivity contribution in [2.45, 2.75) is 19.5 Å². The highest BCUT2D eigenvalue weighted by Gasteiger charge is 2.18. The Balaban J connectivity index is 1.80. The molecule has 0 bridgehead atoms. The first-order valence-corrected chi connectivity index (χ1v) is 7.80. The van der Waals surface area contributed by atoms with Crippen molar-refractivity contribution in [3.8, 4) is 0 Å². The van der Waals surface area contributed by atoms with Crippen LogP contribution in [0.2, 0.25) is 0 Å². The first-order valence-electron chi connectivity index (χ1n) is 6.99. The molecule has 1 N–H and O–H groups in total. The summed E-state index contributed by atoms with van der Waals surface area (Å²) in [6.07, 6.45) is 3.26. The number of rotatable bonds is 5. The van der Waals surface area contributed by atoms with Gasteiger partial charge in [-0.05, 0) is 24.6 Å². The second-order valence-corrected chi connectivity index (χ2v) is 6.22. The fourth-order valence-electron chi connectivity index (χ4n) is 2.21. The first-order chi connectivity index (χ1) is 10.7. The Kier molecular flexibility index (Phi) is 4.29. The molecule has 0 aliphatic carbocycles. The lowest BCUT2D eigenvalue weighted by Gasteiger charge is -2.18. The summed E-state index contributed by atoms with van der Waals surface area (Å²) < 4.78 is 0. The molecule has 2 heterocycles. The van der Waals surface area contributed by atoms with Crippen molar-refractivity contribution in [1.82, 2.24) is 20.3 Å². The number of hydrogen-bond acceptors (Lipinski definition) is 4. The third kappa shape index (κ3) is 3.40. The van der Waals surface area contributed by atoms with Gasteiger partial charge in [0.1, 0.15) is 0 Å². The van der Waals surface area contributed by atoms with Crippen LogP contribution in [-0.2, 0) is 6.54 Å². The minimum absolute atomic E-state index is 0.0703. The highest BCUT2D eigenvalue weighted by Crippen LogP contribution is 2.19. The van der Waals surface area contributed by atoms with Crippen LogP contribution in [0, 0.1) is 6.92 Å². The largest absolute Gasteiger partial charge is 0.343 e. The van der Waals surface area contributed by atoms with E-state index in [-0.39, 0.29) is 11.9 Å². The van der Waals surface area contributed by atoms with E-state index >= 15 is 0 Å². The number of carbonyl (C=O) groups is 1. The van der Waals surface area contributed by atoms with Crippen LogP contribution in [-0.4, -0.2) is 20.9 Å². The molecule has 1 aromatic carbocycles. The minimum Gasteiger partial charge on any atom is -0.343 e. The van der Waals surface area contributed by atoms with Crippen molar-refractivity contribution in [3.05, 3.63) is 70.2 Å². The molecule has 0 saturated carbocycles. The van der Waals surface area contributed by atoms with E-state index < -0.39 is 0 Å². The van der Waals surface area contributed by atoms with E-state index in [2.05, 4.69) is 15.5 Å². The van der Waals surface area contributed by atoms with E-state index in [0.29, 0.717) is 11.4 Å². The molecule has 0 aliphatic rings. The number of amides is 1. The van der Waals surface area contributed by atoms with Gasteiger partial charge in [0.15, 0.2) is 0 Å². The molecule has 3 rings (SSSR count). The van der Waals surface area contributed by atoms with E-state index in [1.165, 1.54) is 11.3 Å². The Morgan fingerprint density at radius 2 is 1.91 bits per heavy atom. The molecule has 0 aliphatic heterocycles. The lowest BCUT2D eigenvalue weighted by Crippen LogP contribution is -2.31. The number of thiophene rings is 1. The summed E-state index contributed by atoms with van der Waals surface area (Å²) in [7, 11) is 0. The Bertz CT molecular complexity index is 737. The van der Waals surface area contributed by atoms with Gasteiger partial charge in [0.25, 0.3) is 5.91 Å². The van der Waals surface area contributed by atoms with Crippen LogP contribution in [0.5, 0.6) is 0 Å². The molecule has 22 heavy (non-hydrogen) atoms. The molecule has 0 spiro atoms. The van der Waals surface area contributed by atoms with E-state index in [9.17, 15) is 4.79 Å². The number of hydrogen-bond donors (Lipinski definition) is 1. The smallest absolute Gasteiger partial charge is 0.261 e. The van der Waals surface area contributed by atoms with Crippen molar-refractivity contribution < 1.29 is 4.79 Å². The third-order valence-electron chi connectivity index (χ3n) is 3.28. The predicted octanol–water partition coefficient (Wildman–Crippen LogP) is 2.82. The van der Waals surface area contributed by atoms with Gasteiger partial charge in [0.05, 0.1) is 29.9 Å². The Morgan fingerprint density at radius 1 is 1.18 bits per heavy atom. The summed E-state index contributed by atoms with van der Waals surface area (Å²) in [4.78, 5) is 15.8. The summed E-state index contributed by atoms with van der Waals surface area (Å²) in [5, 5.41) is 11.3. The quantitative estimate of drug-likeness (QED) is 0.788. The topological polar surface area (TPSA) is 59.8 Å². The summed E-state index contributed by atoms with van der Waals surface area (Å²) in [5.74, 6) is -0.0703. The van der Waals surface area contributed by atoms with Crippen molar-refractivity contribution in [3.63, 3.8) is 0 Å². The number of aromatic nitrogens is 3. The van der Waals surface area contributed by atoms with Crippen LogP contribution in [0.25, 0.3) is 0 Å². The van der Waals surface area contributed by atoms with Crippen LogP contribution >= 0.6 is 11.3 Å². The Morgan fingerprint density at radius 3 is 2.55 bits per heavy atom. The zero-order valence-corrected chi connectivity index (χ0v) is 13.0. The molecule has 1 atom stereocenters. The molecular weight excluding hydrogens is 296 g/mol. The second-order valence-electron chi connectivity index (χ2n) is 4.93. The monoisotopic (exact) mass is 312 g/mol. The van der Waals surface area contributed by atoms with Crippen LogP contribution < -0.4 is 5.32 Å². The summed E-state index contributed by atoms with van der Waals surface area (Å²) in [6.45, 7) is 2.48. The van der Waals surface area contributed by atoms with Crippen LogP contribution in [0.1, 0.15) is 26.2 Å². The van der Waals surface area contributed by atoms with Gasteiger partial charge in [-0.2, -0.15) is 15.0 Å². The summed E-state index contributed by atoms with van der Waals surface area (Å²) in [6, 6.07) is 13.5. The average Bonchev–Trinajstić information content (AvgIpc) is 3.19. The number of nitrogens with one attached hydrogen (secondary N) is 1. The maximum atomic E-state index is 12.4. The summed E-state index contributed by atoms with van der Waals surface area (Å²) in [5.41, 5.74) is 1.03. The van der Waals surface area contributed by atoms with E-state index in [4.69, 9.17) is 0 Å². The third-order valence-corrected chi connectivity index (χ3v) is 4.28. The zero-order valence-electron chi connectivity index (χ0n) is 12.1. The molecule has 0 radical (unpaired) electrons. The predicted molar refractivity (Wildman–Crippen MR) is 85.7 cm³/mol. The van der Waals surface area contributed by atoms with E-state index in [0.717, 1.165) is 10.4 Å². The second kappa shape index (κ2) is 6.53. The number of aryl methyl sites for hydroxylation is 1. The van der Waals surface area contributed by atoms with Gasteiger partial charge < -0.3 is 5.32 Å². The normalized spacial score (nSPS) is 12.0. The van der Waals surface area contributed by atoms with Gasteiger partial charge in [-0.25, -0.2) is 0 Å². The number of benzene rings is 1. The standard InChI is InChI=1S/C16H16N4OS/c1-12-7-8-15(22-12)16(21)19-14(11-20-17-9-10-18-20)13-5-3-2-4-6-13/h2-10,14H,11H2,1H3,(H,19,21). The minimum atomic E-state index is -0.177. The van der Waals surface area contributed by atoms with E-state index in [1.54, 1.807) is 17.2 Å². The SMILES string of the molecule is Cc1ccc(C(=O)NC(Cn2nccn2)c2ccccc2)s1. The van der Waals surface area contributed by atoms with Gasteiger partial charge in [0, 0.05) is 4.88 Å². The molecule has 112 valence electrons. The number of nitrogens with zero attached hydrogens (tertiary/aromatic N) is 3.